The monoisotopic (exact) mass is 346 g/mol. The lowest BCUT2D eigenvalue weighted by Gasteiger charge is -2.24. The van der Waals surface area contributed by atoms with E-state index in [4.69, 9.17) is 9.47 Å². The zero-order valence-corrected chi connectivity index (χ0v) is 14.3. The highest BCUT2D eigenvalue weighted by Crippen LogP contribution is 2.30. The maximum atomic E-state index is 12.4. The van der Waals surface area contributed by atoms with Gasteiger partial charge in [0, 0.05) is 5.56 Å². The van der Waals surface area contributed by atoms with Crippen molar-refractivity contribution < 1.29 is 14.3 Å². The van der Waals surface area contributed by atoms with Gasteiger partial charge in [-0.25, -0.2) is 5.43 Å². The maximum Gasteiger partial charge on any atom is 0.284 e. The summed E-state index contributed by atoms with van der Waals surface area (Å²) in [6.45, 7) is 2.03. The van der Waals surface area contributed by atoms with Crippen molar-refractivity contribution in [2.45, 2.75) is 13.0 Å². The van der Waals surface area contributed by atoms with E-state index in [9.17, 15) is 4.79 Å². The zero-order chi connectivity index (χ0) is 17.9. The quantitative estimate of drug-likeness (QED) is 0.583. The van der Waals surface area contributed by atoms with Crippen molar-refractivity contribution in [2.24, 2.45) is 5.10 Å². The first-order valence-electron chi connectivity index (χ1n) is 8.43. The molecule has 130 valence electrons. The van der Waals surface area contributed by atoms with Gasteiger partial charge in [0.15, 0.2) is 11.5 Å². The van der Waals surface area contributed by atoms with E-state index in [0.717, 1.165) is 22.0 Å². The van der Waals surface area contributed by atoms with Crippen molar-refractivity contribution in [3.8, 4) is 11.5 Å². The molecule has 1 aliphatic heterocycles. The van der Waals surface area contributed by atoms with Gasteiger partial charge < -0.3 is 9.47 Å². The number of hydrogen-bond acceptors (Lipinski definition) is 4. The van der Waals surface area contributed by atoms with E-state index in [0.29, 0.717) is 11.5 Å². The van der Waals surface area contributed by atoms with Crippen molar-refractivity contribution in [1.82, 2.24) is 5.43 Å². The van der Waals surface area contributed by atoms with Crippen LogP contribution in [0.5, 0.6) is 11.5 Å². The SMILES string of the molecule is C/C(=N/NC(=O)[C@H]1COc2ccccc2O1)c1cccc2ccccc12. The Balaban J connectivity index is 1.50. The van der Waals surface area contributed by atoms with Crippen molar-refractivity contribution >= 4 is 22.4 Å². The molecule has 5 heteroatoms. The Morgan fingerprint density at radius 1 is 1.00 bits per heavy atom. The molecule has 0 unspecified atom stereocenters. The van der Waals surface area contributed by atoms with Crippen molar-refractivity contribution in [1.29, 1.82) is 0 Å². The molecular weight excluding hydrogens is 328 g/mol. The van der Waals surface area contributed by atoms with Crippen LogP contribution in [-0.2, 0) is 4.79 Å². The van der Waals surface area contributed by atoms with Crippen molar-refractivity contribution in [3.63, 3.8) is 0 Å². The molecule has 1 heterocycles. The third-order valence-electron chi connectivity index (χ3n) is 4.31. The van der Waals surface area contributed by atoms with Gasteiger partial charge in [0.1, 0.15) is 6.61 Å². The molecule has 1 amide bonds. The van der Waals surface area contributed by atoms with Gasteiger partial charge in [0.25, 0.3) is 5.91 Å². The number of hydrogen-bond donors (Lipinski definition) is 1. The zero-order valence-electron chi connectivity index (χ0n) is 14.3. The molecule has 5 nitrogen and oxygen atoms in total. The lowest BCUT2D eigenvalue weighted by molar-refractivity contribution is -0.130. The van der Waals surface area contributed by atoms with E-state index in [-0.39, 0.29) is 12.5 Å². The standard InChI is InChI=1S/C21H18N2O3/c1-14(16-10-6-8-15-7-2-3-9-17(15)16)22-23-21(24)20-13-25-18-11-4-5-12-19(18)26-20/h2-12,20H,13H2,1H3,(H,23,24)/b22-14-/t20-/m1/s1. The van der Waals surface area contributed by atoms with Gasteiger partial charge in [-0.05, 0) is 29.8 Å². The average molecular weight is 346 g/mol. The fourth-order valence-electron chi connectivity index (χ4n) is 2.96. The van der Waals surface area contributed by atoms with Gasteiger partial charge in [-0.3, -0.25) is 4.79 Å². The second-order valence-corrected chi connectivity index (χ2v) is 6.06. The molecule has 3 aromatic carbocycles. The van der Waals surface area contributed by atoms with Gasteiger partial charge in [-0.1, -0.05) is 54.6 Å². The predicted molar refractivity (Wildman–Crippen MR) is 101 cm³/mol. The highest BCUT2D eigenvalue weighted by molar-refractivity contribution is 6.10. The number of fused-ring (bicyclic) bond motifs is 2. The van der Waals surface area contributed by atoms with Crippen LogP contribution in [0.25, 0.3) is 10.8 Å². The molecule has 1 atom stereocenters. The van der Waals surface area contributed by atoms with E-state index in [1.54, 1.807) is 6.07 Å². The van der Waals surface area contributed by atoms with E-state index >= 15 is 0 Å². The Hall–Kier alpha value is -3.34. The normalized spacial score (nSPS) is 16.3. The van der Waals surface area contributed by atoms with Crippen LogP contribution in [0.1, 0.15) is 12.5 Å². The second-order valence-electron chi connectivity index (χ2n) is 6.06. The van der Waals surface area contributed by atoms with E-state index in [2.05, 4.69) is 22.7 Å². The van der Waals surface area contributed by atoms with E-state index in [1.165, 1.54) is 0 Å². The van der Waals surface area contributed by atoms with Gasteiger partial charge in [0.2, 0.25) is 6.10 Å². The molecule has 0 aliphatic carbocycles. The summed E-state index contributed by atoms with van der Waals surface area (Å²) < 4.78 is 11.3. The second kappa shape index (κ2) is 6.88. The minimum atomic E-state index is -0.728. The van der Waals surface area contributed by atoms with Gasteiger partial charge >= 0.3 is 0 Å². The molecule has 1 aliphatic rings. The average Bonchev–Trinajstić information content (AvgIpc) is 2.71. The Bertz CT molecular complexity index is 992. The molecule has 0 radical (unpaired) electrons. The maximum absolute atomic E-state index is 12.4. The van der Waals surface area contributed by atoms with Crippen LogP contribution in [-0.4, -0.2) is 24.3 Å². The molecule has 0 aromatic heterocycles. The third kappa shape index (κ3) is 3.11. The number of rotatable bonds is 3. The lowest BCUT2D eigenvalue weighted by Crippen LogP contribution is -2.42. The first kappa shape index (κ1) is 16.1. The number of nitrogens with zero attached hydrogens (tertiary/aromatic N) is 1. The topological polar surface area (TPSA) is 59.9 Å². The molecular formula is C21H18N2O3. The van der Waals surface area contributed by atoms with E-state index in [1.807, 2.05) is 55.5 Å². The summed E-state index contributed by atoms with van der Waals surface area (Å²) in [5.74, 6) is 0.875. The van der Waals surface area contributed by atoms with Crippen LogP contribution in [0.2, 0.25) is 0 Å². The molecule has 0 saturated carbocycles. The number of para-hydroxylation sites is 2. The molecule has 3 aromatic rings. The number of carbonyl (C=O) groups excluding carboxylic acids is 1. The summed E-state index contributed by atoms with van der Waals surface area (Å²) in [7, 11) is 0. The summed E-state index contributed by atoms with van der Waals surface area (Å²) in [6, 6.07) is 21.4. The summed E-state index contributed by atoms with van der Waals surface area (Å²) in [5, 5.41) is 6.48. The lowest BCUT2D eigenvalue weighted by atomic mass is 10.0. The summed E-state index contributed by atoms with van der Waals surface area (Å²) in [4.78, 5) is 12.4. The first-order valence-corrected chi connectivity index (χ1v) is 8.43. The smallest absolute Gasteiger partial charge is 0.284 e. The highest BCUT2D eigenvalue weighted by atomic mass is 16.6. The summed E-state index contributed by atoms with van der Waals surface area (Å²) in [6.07, 6.45) is -0.728. The Labute approximate surface area is 151 Å². The number of nitrogens with one attached hydrogen (secondary N) is 1. The third-order valence-corrected chi connectivity index (χ3v) is 4.31. The summed E-state index contributed by atoms with van der Waals surface area (Å²) in [5.41, 5.74) is 4.30. The van der Waals surface area contributed by atoms with Crippen LogP contribution >= 0.6 is 0 Å². The Kier molecular flexibility index (Phi) is 4.27. The Morgan fingerprint density at radius 3 is 2.62 bits per heavy atom. The largest absolute Gasteiger partial charge is 0.485 e. The number of amides is 1. The number of ether oxygens (including phenoxy) is 2. The van der Waals surface area contributed by atoms with Gasteiger partial charge in [-0.2, -0.15) is 5.10 Å². The number of benzene rings is 3. The minimum absolute atomic E-state index is 0.158. The van der Waals surface area contributed by atoms with Crippen LogP contribution < -0.4 is 14.9 Å². The predicted octanol–water partition coefficient (Wildman–Crippen LogP) is 3.52. The molecule has 26 heavy (non-hydrogen) atoms. The fraction of sp³-hybridized carbons (Fsp3) is 0.143. The molecule has 0 spiro atoms. The van der Waals surface area contributed by atoms with Crippen LogP contribution in [0.3, 0.4) is 0 Å². The van der Waals surface area contributed by atoms with Crippen LogP contribution in [0, 0.1) is 0 Å². The minimum Gasteiger partial charge on any atom is -0.485 e. The van der Waals surface area contributed by atoms with Gasteiger partial charge in [-0.15, -0.1) is 0 Å². The molecule has 1 N–H and O–H groups in total. The van der Waals surface area contributed by atoms with E-state index < -0.39 is 6.10 Å². The summed E-state index contributed by atoms with van der Waals surface area (Å²) >= 11 is 0. The van der Waals surface area contributed by atoms with Crippen molar-refractivity contribution in [2.75, 3.05) is 6.61 Å². The molecule has 0 bridgehead atoms. The highest BCUT2D eigenvalue weighted by Gasteiger charge is 2.27. The van der Waals surface area contributed by atoms with Crippen LogP contribution in [0.15, 0.2) is 71.8 Å². The first-order chi connectivity index (χ1) is 12.7. The van der Waals surface area contributed by atoms with Crippen LogP contribution in [0.4, 0.5) is 0 Å². The van der Waals surface area contributed by atoms with Crippen molar-refractivity contribution in [3.05, 3.63) is 72.3 Å². The number of hydrazone groups is 1. The fourth-order valence-corrected chi connectivity index (χ4v) is 2.96. The molecule has 0 saturated heterocycles. The molecule has 4 rings (SSSR count). The Morgan fingerprint density at radius 2 is 1.73 bits per heavy atom. The number of carbonyl (C=O) groups is 1. The molecule has 0 fully saturated rings. The van der Waals surface area contributed by atoms with Gasteiger partial charge in [0.05, 0.1) is 5.71 Å².